The molecular formula is C17H21N3O6. The summed E-state index contributed by atoms with van der Waals surface area (Å²) in [5.74, 6) is 0.801. The molecule has 1 aliphatic heterocycles. The first-order valence-corrected chi connectivity index (χ1v) is 8.07. The number of anilines is 1. The number of nitrogens with two attached hydrogens (primary N) is 1. The first-order valence-electron chi connectivity index (χ1n) is 8.07. The smallest absolute Gasteiger partial charge is 0.351 e. The van der Waals surface area contributed by atoms with Gasteiger partial charge in [0.1, 0.15) is 29.9 Å². The van der Waals surface area contributed by atoms with Crippen molar-refractivity contribution in [3.63, 3.8) is 0 Å². The van der Waals surface area contributed by atoms with Crippen molar-refractivity contribution in [3.8, 4) is 5.75 Å². The van der Waals surface area contributed by atoms with E-state index in [0.717, 1.165) is 11.3 Å². The molecule has 0 aliphatic carbocycles. The molecule has 4 N–H and O–H groups in total. The predicted molar refractivity (Wildman–Crippen MR) is 91.5 cm³/mol. The second-order valence-electron chi connectivity index (χ2n) is 5.90. The summed E-state index contributed by atoms with van der Waals surface area (Å²) in [5, 5.41) is 19.8. The van der Waals surface area contributed by atoms with E-state index in [4.69, 9.17) is 19.9 Å². The van der Waals surface area contributed by atoms with Gasteiger partial charge in [-0.25, -0.2) is 4.79 Å². The molecule has 3 rings (SSSR count). The molecule has 1 aromatic carbocycles. The number of aliphatic hydroxyl groups excluding tert-OH is 2. The van der Waals surface area contributed by atoms with E-state index in [1.54, 1.807) is 19.2 Å². The fraction of sp³-hybridized carbons (Fsp3) is 0.412. The zero-order valence-electron chi connectivity index (χ0n) is 14.2. The third-order valence-corrected chi connectivity index (χ3v) is 4.22. The third kappa shape index (κ3) is 3.70. The lowest BCUT2D eigenvalue weighted by molar-refractivity contribution is -0.0796. The molecule has 9 heteroatoms. The van der Waals surface area contributed by atoms with Gasteiger partial charge in [-0.15, -0.1) is 0 Å². The SMILES string of the molecule is COc1ccc(COC2C(O)C(CO)OC2n2ccc(N)nc2=O)cc1. The van der Waals surface area contributed by atoms with Crippen molar-refractivity contribution in [2.24, 2.45) is 0 Å². The van der Waals surface area contributed by atoms with Gasteiger partial charge in [0.2, 0.25) is 0 Å². The Bertz CT molecular complexity index is 794. The lowest BCUT2D eigenvalue weighted by Gasteiger charge is -2.22. The lowest BCUT2D eigenvalue weighted by Crippen LogP contribution is -2.38. The topological polar surface area (TPSA) is 129 Å². The minimum absolute atomic E-state index is 0.0826. The Morgan fingerprint density at radius 1 is 1.31 bits per heavy atom. The van der Waals surface area contributed by atoms with Gasteiger partial charge in [-0.3, -0.25) is 4.57 Å². The molecule has 1 fully saturated rings. The van der Waals surface area contributed by atoms with Crippen LogP contribution >= 0.6 is 0 Å². The standard InChI is InChI=1S/C17H21N3O6/c1-24-11-4-2-10(3-5-11)9-25-15-14(22)12(8-21)26-16(15)20-7-6-13(18)19-17(20)23/h2-7,12,14-16,21-22H,8-9H2,1H3,(H2,18,19,23). The van der Waals surface area contributed by atoms with Crippen LogP contribution in [0.5, 0.6) is 5.75 Å². The third-order valence-electron chi connectivity index (χ3n) is 4.22. The molecule has 4 unspecified atom stereocenters. The van der Waals surface area contributed by atoms with Gasteiger partial charge >= 0.3 is 5.69 Å². The van der Waals surface area contributed by atoms with Crippen molar-refractivity contribution < 1.29 is 24.4 Å². The molecule has 1 saturated heterocycles. The Morgan fingerprint density at radius 2 is 2.04 bits per heavy atom. The average molecular weight is 363 g/mol. The maximum Gasteiger partial charge on any atom is 0.351 e. The number of ether oxygens (including phenoxy) is 3. The lowest BCUT2D eigenvalue weighted by atomic mass is 10.1. The van der Waals surface area contributed by atoms with E-state index >= 15 is 0 Å². The van der Waals surface area contributed by atoms with Gasteiger partial charge in [-0.1, -0.05) is 12.1 Å². The second kappa shape index (κ2) is 7.83. The van der Waals surface area contributed by atoms with Crippen molar-refractivity contribution in [1.29, 1.82) is 0 Å². The van der Waals surface area contributed by atoms with Crippen molar-refractivity contribution in [2.45, 2.75) is 31.1 Å². The summed E-state index contributed by atoms with van der Waals surface area (Å²) < 4.78 is 17.7. The molecule has 26 heavy (non-hydrogen) atoms. The van der Waals surface area contributed by atoms with Crippen LogP contribution in [-0.4, -0.2) is 51.8 Å². The van der Waals surface area contributed by atoms with Crippen LogP contribution in [0.4, 0.5) is 5.82 Å². The van der Waals surface area contributed by atoms with Gasteiger partial charge < -0.3 is 30.2 Å². The van der Waals surface area contributed by atoms with Crippen molar-refractivity contribution in [3.05, 3.63) is 52.6 Å². The molecule has 0 saturated carbocycles. The molecule has 0 radical (unpaired) electrons. The van der Waals surface area contributed by atoms with Crippen LogP contribution in [0.1, 0.15) is 11.8 Å². The molecule has 2 aromatic rings. The van der Waals surface area contributed by atoms with E-state index in [0.29, 0.717) is 0 Å². The minimum Gasteiger partial charge on any atom is -0.497 e. The zero-order chi connectivity index (χ0) is 18.7. The van der Waals surface area contributed by atoms with Crippen LogP contribution in [0.15, 0.2) is 41.3 Å². The highest BCUT2D eigenvalue weighted by Gasteiger charge is 2.45. The first-order chi connectivity index (χ1) is 12.5. The number of aliphatic hydroxyl groups is 2. The quantitative estimate of drug-likeness (QED) is 0.636. The zero-order valence-corrected chi connectivity index (χ0v) is 14.2. The van der Waals surface area contributed by atoms with Gasteiger partial charge in [-0.2, -0.15) is 4.98 Å². The highest BCUT2D eigenvalue weighted by Crippen LogP contribution is 2.31. The maximum absolute atomic E-state index is 12.1. The largest absolute Gasteiger partial charge is 0.497 e. The molecule has 140 valence electrons. The van der Waals surface area contributed by atoms with Crippen LogP contribution in [-0.2, 0) is 16.1 Å². The second-order valence-corrected chi connectivity index (χ2v) is 5.90. The number of methoxy groups -OCH3 is 1. The Kier molecular flexibility index (Phi) is 5.52. The summed E-state index contributed by atoms with van der Waals surface area (Å²) >= 11 is 0. The average Bonchev–Trinajstić information content (AvgIpc) is 2.96. The number of hydrogen-bond donors (Lipinski definition) is 3. The van der Waals surface area contributed by atoms with Gasteiger partial charge in [0.15, 0.2) is 6.23 Å². The summed E-state index contributed by atoms with van der Waals surface area (Å²) in [5.41, 5.74) is 5.73. The Hall–Kier alpha value is -2.46. The van der Waals surface area contributed by atoms with E-state index in [-0.39, 0.29) is 12.4 Å². The Labute approximate surface area is 149 Å². The molecule has 4 atom stereocenters. The van der Waals surface area contributed by atoms with Crippen LogP contribution < -0.4 is 16.2 Å². The highest BCUT2D eigenvalue weighted by atomic mass is 16.6. The predicted octanol–water partition coefficient (Wildman–Crippen LogP) is -0.330. The number of nitrogens with zero attached hydrogens (tertiary/aromatic N) is 2. The van der Waals surface area contributed by atoms with E-state index in [1.807, 2.05) is 12.1 Å². The molecule has 2 heterocycles. The highest BCUT2D eigenvalue weighted by molar-refractivity contribution is 5.26. The van der Waals surface area contributed by atoms with Crippen molar-refractivity contribution in [1.82, 2.24) is 9.55 Å². The number of rotatable bonds is 6. The van der Waals surface area contributed by atoms with Crippen LogP contribution in [0.2, 0.25) is 0 Å². The van der Waals surface area contributed by atoms with Gasteiger partial charge in [0, 0.05) is 6.20 Å². The minimum atomic E-state index is -1.10. The summed E-state index contributed by atoms with van der Waals surface area (Å²) in [4.78, 5) is 15.8. The molecule has 9 nitrogen and oxygen atoms in total. The van der Waals surface area contributed by atoms with E-state index in [9.17, 15) is 15.0 Å². The summed E-state index contributed by atoms with van der Waals surface area (Å²) in [7, 11) is 1.58. The van der Waals surface area contributed by atoms with Crippen LogP contribution in [0, 0.1) is 0 Å². The van der Waals surface area contributed by atoms with E-state index in [2.05, 4.69) is 4.98 Å². The van der Waals surface area contributed by atoms with Crippen LogP contribution in [0.25, 0.3) is 0 Å². The molecular weight excluding hydrogens is 342 g/mol. The molecule has 1 aliphatic rings. The fourth-order valence-corrected chi connectivity index (χ4v) is 2.81. The number of benzene rings is 1. The Morgan fingerprint density at radius 3 is 2.65 bits per heavy atom. The number of hydrogen-bond acceptors (Lipinski definition) is 8. The summed E-state index contributed by atoms with van der Waals surface area (Å²) in [6.45, 7) is -0.224. The summed E-state index contributed by atoms with van der Waals surface area (Å²) in [6.07, 6.45) is -2.35. The van der Waals surface area contributed by atoms with Gasteiger partial charge in [0.25, 0.3) is 0 Å². The van der Waals surface area contributed by atoms with E-state index < -0.39 is 36.8 Å². The Balaban J connectivity index is 1.79. The van der Waals surface area contributed by atoms with Crippen LogP contribution in [0.3, 0.4) is 0 Å². The maximum atomic E-state index is 12.1. The van der Waals surface area contributed by atoms with Gasteiger partial charge in [-0.05, 0) is 23.8 Å². The fourth-order valence-electron chi connectivity index (χ4n) is 2.81. The normalized spacial score (nSPS) is 25.3. The van der Waals surface area contributed by atoms with E-state index in [1.165, 1.54) is 16.8 Å². The molecule has 0 spiro atoms. The summed E-state index contributed by atoms with van der Waals surface area (Å²) in [6, 6.07) is 8.70. The number of nitrogen functional groups attached to an aromatic ring is 1. The molecule has 1 aromatic heterocycles. The monoisotopic (exact) mass is 363 g/mol. The number of aromatic nitrogens is 2. The first kappa shape index (κ1) is 18.3. The van der Waals surface area contributed by atoms with Gasteiger partial charge in [0.05, 0.1) is 20.3 Å². The van der Waals surface area contributed by atoms with Crippen molar-refractivity contribution in [2.75, 3.05) is 19.5 Å². The molecule has 0 bridgehead atoms. The molecule has 0 amide bonds. The van der Waals surface area contributed by atoms with Crippen molar-refractivity contribution >= 4 is 5.82 Å².